The first-order chi connectivity index (χ1) is 9.63. The molecule has 0 bridgehead atoms. The van der Waals surface area contributed by atoms with Crippen molar-refractivity contribution in [2.45, 2.75) is 20.4 Å². The van der Waals surface area contributed by atoms with Crippen LogP contribution in [0.25, 0.3) is 0 Å². The highest BCUT2D eigenvalue weighted by Crippen LogP contribution is 2.23. The monoisotopic (exact) mass is 290 g/mol. The fraction of sp³-hybridized carbons (Fsp3) is 0.312. The van der Waals surface area contributed by atoms with Gasteiger partial charge < -0.3 is 10.1 Å². The molecule has 0 spiro atoms. The van der Waals surface area contributed by atoms with E-state index in [1.165, 1.54) is 5.56 Å². The molecular formula is C16H19ClN2O. The number of benzene rings is 1. The van der Waals surface area contributed by atoms with E-state index in [0.717, 1.165) is 18.8 Å². The summed E-state index contributed by atoms with van der Waals surface area (Å²) in [5.74, 6) is 2.08. The summed E-state index contributed by atoms with van der Waals surface area (Å²) in [4.78, 5) is 3.99. The van der Waals surface area contributed by atoms with E-state index in [0.29, 0.717) is 16.7 Å². The van der Waals surface area contributed by atoms with E-state index >= 15 is 0 Å². The zero-order valence-electron chi connectivity index (χ0n) is 11.8. The molecular weight excluding hydrogens is 272 g/mol. The molecule has 106 valence electrons. The van der Waals surface area contributed by atoms with Gasteiger partial charge in [-0.05, 0) is 30.2 Å². The first-order valence-electron chi connectivity index (χ1n) is 6.71. The summed E-state index contributed by atoms with van der Waals surface area (Å²) in [6.45, 7) is 6.29. The number of ether oxygens (including phenoxy) is 1. The van der Waals surface area contributed by atoms with Crippen molar-refractivity contribution < 1.29 is 4.74 Å². The van der Waals surface area contributed by atoms with Gasteiger partial charge in [0.15, 0.2) is 0 Å². The number of aromatic nitrogens is 1. The minimum atomic E-state index is 0.567. The zero-order valence-corrected chi connectivity index (χ0v) is 12.5. The van der Waals surface area contributed by atoms with Gasteiger partial charge in [-0.15, -0.1) is 0 Å². The zero-order chi connectivity index (χ0) is 14.4. The molecule has 0 saturated heterocycles. The Bertz CT molecular complexity index is 540. The van der Waals surface area contributed by atoms with Gasteiger partial charge in [0.1, 0.15) is 11.5 Å². The van der Waals surface area contributed by atoms with Crippen molar-refractivity contribution in [2.24, 2.45) is 5.92 Å². The number of nitrogens with one attached hydrogen (secondary N) is 1. The van der Waals surface area contributed by atoms with Gasteiger partial charge in [-0.3, -0.25) is 4.98 Å². The summed E-state index contributed by atoms with van der Waals surface area (Å²) in [7, 11) is 0. The van der Waals surface area contributed by atoms with Crippen molar-refractivity contribution >= 4 is 11.6 Å². The molecule has 1 aromatic heterocycles. The largest absolute Gasteiger partial charge is 0.456 e. The molecule has 2 rings (SSSR count). The molecule has 0 aliphatic carbocycles. The Morgan fingerprint density at radius 1 is 1.15 bits per heavy atom. The van der Waals surface area contributed by atoms with Crippen LogP contribution in [0.2, 0.25) is 5.02 Å². The lowest BCUT2D eigenvalue weighted by atomic mass is 10.2. The summed E-state index contributed by atoms with van der Waals surface area (Å²) in [5.41, 5.74) is 1.24. The summed E-state index contributed by atoms with van der Waals surface area (Å²) < 4.78 is 5.69. The van der Waals surface area contributed by atoms with Crippen molar-refractivity contribution in [1.82, 2.24) is 10.3 Å². The average Bonchev–Trinajstić information content (AvgIpc) is 2.40. The fourth-order valence-corrected chi connectivity index (χ4v) is 1.93. The van der Waals surface area contributed by atoms with Crippen molar-refractivity contribution in [3.8, 4) is 11.5 Å². The van der Waals surface area contributed by atoms with Gasteiger partial charge in [-0.1, -0.05) is 37.6 Å². The van der Waals surface area contributed by atoms with Crippen LogP contribution in [0.1, 0.15) is 19.4 Å². The SMILES string of the molecule is CC(C)CNCc1ccc(Oc2cncc(Cl)c2)cc1. The van der Waals surface area contributed by atoms with Gasteiger partial charge in [0.05, 0.1) is 11.2 Å². The first-order valence-corrected chi connectivity index (χ1v) is 7.09. The molecule has 2 aromatic rings. The van der Waals surface area contributed by atoms with Crippen LogP contribution in [0.4, 0.5) is 0 Å². The predicted octanol–water partition coefficient (Wildman–Crippen LogP) is 4.27. The molecule has 0 saturated carbocycles. The van der Waals surface area contributed by atoms with E-state index in [1.54, 1.807) is 18.5 Å². The Hall–Kier alpha value is -1.58. The van der Waals surface area contributed by atoms with Crippen LogP contribution in [-0.4, -0.2) is 11.5 Å². The third-order valence-corrected chi connectivity index (χ3v) is 2.93. The lowest BCUT2D eigenvalue weighted by molar-refractivity contribution is 0.480. The second-order valence-electron chi connectivity index (χ2n) is 5.11. The molecule has 0 radical (unpaired) electrons. The van der Waals surface area contributed by atoms with Crippen molar-refractivity contribution in [1.29, 1.82) is 0 Å². The van der Waals surface area contributed by atoms with E-state index in [-0.39, 0.29) is 0 Å². The topological polar surface area (TPSA) is 34.1 Å². The van der Waals surface area contributed by atoms with E-state index in [4.69, 9.17) is 16.3 Å². The lowest BCUT2D eigenvalue weighted by Crippen LogP contribution is -2.18. The lowest BCUT2D eigenvalue weighted by Gasteiger charge is -2.09. The molecule has 0 aliphatic heterocycles. The maximum atomic E-state index is 5.87. The Morgan fingerprint density at radius 3 is 2.55 bits per heavy atom. The second-order valence-corrected chi connectivity index (χ2v) is 5.55. The average molecular weight is 291 g/mol. The second kappa shape index (κ2) is 7.27. The third-order valence-electron chi connectivity index (χ3n) is 2.72. The highest BCUT2D eigenvalue weighted by Gasteiger charge is 2.00. The minimum Gasteiger partial charge on any atom is -0.456 e. The van der Waals surface area contributed by atoms with E-state index in [1.807, 2.05) is 12.1 Å². The molecule has 3 nitrogen and oxygen atoms in total. The van der Waals surface area contributed by atoms with Crippen molar-refractivity contribution in [2.75, 3.05) is 6.54 Å². The van der Waals surface area contributed by atoms with E-state index < -0.39 is 0 Å². The summed E-state index contributed by atoms with van der Waals surface area (Å²) in [5, 5.41) is 3.98. The fourth-order valence-electron chi connectivity index (χ4n) is 1.76. The molecule has 20 heavy (non-hydrogen) atoms. The number of nitrogens with zero attached hydrogens (tertiary/aromatic N) is 1. The standard InChI is InChI=1S/C16H19ClN2O/c1-12(2)8-18-9-13-3-5-15(6-4-13)20-16-7-14(17)10-19-11-16/h3-7,10-12,18H,8-9H2,1-2H3. The molecule has 0 aliphatic rings. The highest BCUT2D eigenvalue weighted by atomic mass is 35.5. The normalized spacial score (nSPS) is 10.8. The van der Waals surface area contributed by atoms with Gasteiger partial charge in [0, 0.05) is 18.8 Å². The Balaban J connectivity index is 1.91. The molecule has 1 heterocycles. The molecule has 0 unspecified atom stereocenters. The van der Waals surface area contributed by atoms with Gasteiger partial charge in [-0.2, -0.15) is 0 Å². The van der Waals surface area contributed by atoms with Gasteiger partial charge in [0.25, 0.3) is 0 Å². The molecule has 0 fully saturated rings. The first kappa shape index (κ1) is 14.8. The predicted molar refractivity (Wildman–Crippen MR) is 82.3 cm³/mol. The Kier molecular flexibility index (Phi) is 5.39. The highest BCUT2D eigenvalue weighted by molar-refractivity contribution is 6.30. The number of hydrogen-bond donors (Lipinski definition) is 1. The molecule has 1 aromatic carbocycles. The van der Waals surface area contributed by atoms with Gasteiger partial charge >= 0.3 is 0 Å². The van der Waals surface area contributed by atoms with E-state index in [2.05, 4.69) is 36.3 Å². The number of hydrogen-bond acceptors (Lipinski definition) is 3. The maximum Gasteiger partial charge on any atom is 0.147 e. The van der Waals surface area contributed by atoms with Gasteiger partial charge in [0.2, 0.25) is 0 Å². The number of pyridine rings is 1. The molecule has 4 heteroatoms. The van der Waals surface area contributed by atoms with Crippen LogP contribution in [0, 0.1) is 5.92 Å². The van der Waals surface area contributed by atoms with Crippen LogP contribution in [0.5, 0.6) is 11.5 Å². The van der Waals surface area contributed by atoms with Crippen LogP contribution in [-0.2, 0) is 6.54 Å². The quantitative estimate of drug-likeness (QED) is 0.862. The van der Waals surface area contributed by atoms with Crippen LogP contribution in [0.3, 0.4) is 0 Å². The molecule has 0 amide bonds. The van der Waals surface area contributed by atoms with Crippen molar-refractivity contribution in [3.63, 3.8) is 0 Å². The Labute approximate surface area is 124 Å². The number of halogens is 1. The van der Waals surface area contributed by atoms with Crippen LogP contribution >= 0.6 is 11.6 Å². The summed E-state index contributed by atoms with van der Waals surface area (Å²) >= 11 is 5.87. The Morgan fingerprint density at radius 2 is 1.90 bits per heavy atom. The smallest absolute Gasteiger partial charge is 0.147 e. The summed E-state index contributed by atoms with van der Waals surface area (Å²) in [6, 6.07) is 9.76. The maximum absolute atomic E-state index is 5.87. The minimum absolute atomic E-state index is 0.567. The van der Waals surface area contributed by atoms with E-state index in [9.17, 15) is 0 Å². The van der Waals surface area contributed by atoms with Gasteiger partial charge in [-0.25, -0.2) is 0 Å². The van der Waals surface area contributed by atoms with Crippen LogP contribution < -0.4 is 10.1 Å². The summed E-state index contributed by atoms with van der Waals surface area (Å²) in [6.07, 6.45) is 3.22. The third kappa shape index (κ3) is 4.83. The molecule has 0 atom stereocenters. The van der Waals surface area contributed by atoms with Crippen LogP contribution in [0.15, 0.2) is 42.7 Å². The van der Waals surface area contributed by atoms with Crippen molar-refractivity contribution in [3.05, 3.63) is 53.3 Å². The number of rotatable bonds is 6. The molecule has 1 N–H and O–H groups in total.